The maximum absolute atomic E-state index is 14.0. The number of aromatic nitrogens is 6. The third-order valence-electron chi connectivity index (χ3n) is 6.22. The zero-order valence-corrected chi connectivity index (χ0v) is 20.3. The molecule has 0 bridgehead atoms. The van der Waals surface area contributed by atoms with E-state index in [1.54, 1.807) is 30.9 Å². The summed E-state index contributed by atoms with van der Waals surface area (Å²) in [4.78, 5) is 28.6. The van der Waals surface area contributed by atoms with Gasteiger partial charge in [0.1, 0.15) is 22.9 Å². The molecule has 0 atom stereocenters. The summed E-state index contributed by atoms with van der Waals surface area (Å²) in [5.41, 5.74) is 6.01. The standard InChI is InChI=1S/C28H22FN7O2/c1-2-3-26(38)33-18-7-16(12-30-13-18)23-11-22-25(14-32-23)35-36-27(22)24-10-21-20(4-5-31-28(21)34-24)15-6-17(29)9-19(37)8-15/h4-14,37H,2-3H2,1H3,(H,31,34)(H,33,38)(H,35,36). The maximum Gasteiger partial charge on any atom is 0.224 e. The van der Waals surface area contributed by atoms with Crippen LogP contribution in [0.5, 0.6) is 5.75 Å². The molecular formula is C28H22FN7O2. The number of H-pyrrole nitrogens is 2. The van der Waals surface area contributed by atoms with Crippen LogP contribution in [0.25, 0.3) is 55.7 Å². The number of phenolic OH excluding ortho intramolecular Hbond substituents is 1. The van der Waals surface area contributed by atoms with Gasteiger partial charge in [-0.15, -0.1) is 0 Å². The molecule has 4 N–H and O–H groups in total. The highest BCUT2D eigenvalue weighted by molar-refractivity contribution is 6.00. The van der Waals surface area contributed by atoms with Gasteiger partial charge >= 0.3 is 0 Å². The van der Waals surface area contributed by atoms with Crippen molar-refractivity contribution in [2.24, 2.45) is 0 Å². The number of rotatable bonds is 6. The molecule has 0 aliphatic rings. The Morgan fingerprint density at radius 1 is 1.03 bits per heavy atom. The summed E-state index contributed by atoms with van der Waals surface area (Å²) in [6, 6.07) is 11.4. The molecule has 0 aliphatic carbocycles. The molecule has 1 amide bonds. The van der Waals surface area contributed by atoms with E-state index in [1.165, 1.54) is 12.1 Å². The molecule has 0 fully saturated rings. The molecular weight excluding hydrogens is 485 g/mol. The van der Waals surface area contributed by atoms with Gasteiger partial charge in [0.25, 0.3) is 0 Å². The van der Waals surface area contributed by atoms with Crippen LogP contribution in [0, 0.1) is 5.82 Å². The van der Waals surface area contributed by atoms with E-state index in [0.717, 1.165) is 39.9 Å². The van der Waals surface area contributed by atoms with Crippen LogP contribution in [0.3, 0.4) is 0 Å². The summed E-state index contributed by atoms with van der Waals surface area (Å²) in [6.07, 6.45) is 7.82. The molecule has 9 nitrogen and oxygen atoms in total. The zero-order valence-electron chi connectivity index (χ0n) is 20.3. The fraction of sp³-hybridized carbons (Fsp3) is 0.107. The molecule has 38 heavy (non-hydrogen) atoms. The number of carbonyl (C=O) groups excluding carboxylic acids is 1. The van der Waals surface area contributed by atoms with Crippen molar-refractivity contribution in [2.75, 3.05) is 5.32 Å². The van der Waals surface area contributed by atoms with Crippen LogP contribution in [0.2, 0.25) is 0 Å². The van der Waals surface area contributed by atoms with Gasteiger partial charge in [-0.3, -0.25) is 19.9 Å². The van der Waals surface area contributed by atoms with E-state index in [4.69, 9.17) is 0 Å². The first-order valence-corrected chi connectivity index (χ1v) is 12.1. The lowest BCUT2D eigenvalue weighted by molar-refractivity contribution is -0.116. The van der Waals surface area contributed by atoms with Crippen LogP contribution in [0.15, 0.2) is 67.3 Å². The summed E-state index contributed by atoms with van der Waals surface area (Å²) in [7, 11) is 0. The van der Waals surface area contributed by atoms with Crippen LogP contribution >= 0.6 is 0 Å². The predicted molar refractivity (Wildman–Crippen MR) is 143 cm³/mol. The number of halogens is 1. The Morgan fingerprint density at radius 2 is 1.92 bits per heavy atom. The molecule has 6 aromatic rings. The second-order valence-electron chi connectivity index (χ2n) is 8.95. The first-order chi connectivity index (χ1) is 18.5. The van der Waals surface area contributed by atoms with Crippen LogP contribution in [-0.4, -0.2) is 41.1 Å². The molecule has 188 valence electrons. The Labute approximate surface area is 215 Å². The molecule has 1 aromatic carbocycles. The number of hydrogen-bond acceptors (Lipinski definition) is 6. The quantitative estimate of drug-likeness (QED) is 0.225. The van der Waals surface area contributed by atoms with E-state index in [0.29, 0.717) is 40.4 Å². The van der Waals surface area contributed by atoms with E-state index in [1.807, 2.05) is 25.1 Å². The van der Waals surface area contributed by atoms with E-state index >= 15 is 0 Å². The van der Waals surface area contributed by atoms with Crippen LogP contribution in [0.1, 0.15) is 19.8 Å². The molecule has 10 heteroatoms. The van der Waals surface area contributed by atoms with Gasteiger partial charge in [0.15, 0.2) is 0 Å². The van der Waals surface area contributed by atoms with Gasteiger partial charge in [0.2, 0.25) is 5.91 Å². The third-order valence-corrected chi connectivity index (χ3v) is 6.22. The van der Waals surface area contributed by atoms with E-state index in [-0.39, 0.29) is 11.7 Å². The number of nitrogens with zero attached hydrogens (tertiary/aromatic N) is 4. The number of anilines is 1. The molecule has 0 unspecified atom stereocenters. The molecule has 5 heterocycles. The minimum Gasteiger partial charge on any atom is -0.508 e. The van der Waals surface area contributed by atoms with E-state index in [2.05, 4.69) is 35.5 Å². The zero-order chi connectivity index (χ0) is 26.2. The van der Waals surface area contributed by atoms with Crippen molar-refractivity contribution in [3.05, 3.63) is 73.1 Å². The maximum atomic E-state index is 14.0. The first kappa shape index (κ1) is 23.3. The number of nitrogens with one attached hydrogen (secondary N) is 3. The Morgan fingerprint density at radius 3 is 2.76 bits per heavy atom. The number of benzene rings is 1. The fourth-order valence-electron chi connectivity index (χ4n) is 4.51. The van der Waals surface area contributed by atoms with Crippen molar-refractivity contribution in [1.29, 1.82) is 0 Å². The van der Waals surface area contributed by atoms with Gasteiger partial charge in [-0.2, -0.15) is 5.10 Å². The largest absolute Gasteiger partial charge is 0.508 e. The topological polar surface area (TPSA) is 132 Å². The predicted octanol–water partition coefficient (Wildman–Crippen LogP) is 5.81. The molecule has 0 aliphatic heterocycles. The third kappa shape index (κ3) is 4.32. The SMILES string of the molecule is CCCC(=O)Nc1cncc(-c2cc3c(-c4cc5c(-c6cc(O)cc(F)c6)ccnc5[nH]4)n[nH]c3cn2)c1. The highest BCUT2D eigenvalue weighted by Gasteiger charge is 2.16. The fourth-order valence-corrected chi connectivity index (χ4v) is 4.51. The first-order valence-electron chi connectivity index (χ1n) is 12.1. The van der Waals surface area contributed by atoms with Gasteiger partial charge in [0.05, 0.1) is 35.0 Å². The van der Waals surface area contributed by atoms with E-state index < -0.39 is 5.82 Å². The molecule has 0 spiro atoms. The number of amides is 1. The Bertz CT molecular complexity index is 1810. The number of aromatic hydroxyl groups is 1. The number of pyridine rings is 3. The summed E-state index contributed by atoms with van der Waals surface area (Å²) < 4.78 is 14.0. The summed E-state index contributed by atoms with van der Waals surface area (Å²) in [6.45, 7) is 1.95. The second kappa shape index (κ2) is 9.40. The van der Waals surface area contributed by atoms with Crippen LogP contribution in [0.4, 0.5) is 10.1 Å². The number of aromatic amines is 2. The minimum absolute atomic E-state index is 0.0628. The summed E-state index contributed by atoms with van der Waals surface area (Å²) in [5.74, 6) is -0.739. The Hall–Kier alpha value is -5.12. The van der Waals surface area contributed by atoms with Crippen molar-refractivity contribution in [1.82, 2.24) is 30.1 Å². The number of carbonyl (C=O) groups is 1. The van der Waals surface area contributed by atoms with Crippen molar-refractivity contribution >= 4 is 33.5 Å². The van der Waals surface area contributed by atoms with Crippen molar-refractivity contribution in [3.63, 3.8) is 0 Å². The molecule has 0 saturated heterocycles. The summed E-state index contributed by atoms with van der Waals surface area (Å²) in [5, 5.41) is 21.9. The van der Waals surface area contributed by atoms with E-state index in [9.17, 15) is 14.3 Å². The highest BCUT2D eigenvalue weighted by atomic mass is 19.1. The number of phenols is 1. The molecule has 0 radical (unpaired) electrons. The molecule has 0 saturated carbocycles. The number of fused-ring (bicyclic) bond motifs is 2. The highest BCUT2D eigenvalue weighted by Crippen LogP contribution is 2.35. The van der Waals surface area contributed by atoms with Gasteiger partial charge in [-0.05, 0) is 53.9 Å². The monoisotopic (exact) mass is 507 g/mol. The van der Waals surface area contributed by atoms with Crippen LogP contribution in [-0.2, 0) is 4.79 Å². The van der Waals surface area contributed by atoms with Crippen molar-refractivity contribution in [2.45, 2.75) is 19.8 Å². The minimum atomic E-state index is -0.525. The van der Waals surface area contributed by atoms with Crippen molar-refractivity contribution in [3.8, 4) is 39.5 Å². The molecule has 5 aromatic heterocycles. The second-order valence-corrected chi connectivity index (χ2v) is 8.95. The average Bonchev–Trinajstić information content (AvgIpc) is 3.52. The average molecular weight is 508 g/mol. The van der Waals surface area contributed by atoms with Gasteiger partial charge < -0.3 is 15.4 Å². The number of hydrogen-bond donors (Lipinski definition) is 4. The lowest BCUT2D eigenvalue weighted by Gasteiger charge is -2.06. The summed E-state index contributed by atoms with van der Waals surface area (Å²) >= 11 is 0. The van der Waals surface area contributed by atoms with Crippen molar-refractivity contribution < 1.29 is 14.3 Å². The molecule has 6 rings (SSSR count). The van der Waals surface area contributed by atoms with Gasteiger partial charge in [0, 0.05) is 41.2 Å². The van der Waals surface area contributed by atoms with Crippen LogP contribution < -0.4 is 5.32 Å². The lowest BCUT2D eigenvalue weighted by atomic mass is 10.0. The Balaban J connectivity index is 1.41. The van der Waals surface area contributed by atoms with Gasteiger partial charge in [-0.1, -0.05) is 6.92 Å². The smallest absolute Gasteiger partial charge is 0.224 e. The lowest BCUT2D eigenvalue weighted by Crippen LogP contribution is -2.10. The van der Waals surface area contributed by atoms with Gasteiger partial charge in [-0.25, -0.2) is 9.37 Å². The Kier molecular flexibility index (Phi) is 5.76. The normalized spacial score (nSPS) is 11.3.